The highest BCUT2D eigenvalue weighted by Gasteiger charge is 2.20. The number of phenols is 1. The monoisotopic (exact) mass is 329 g/mol. The Morgan fingerprint density at radius 3 is 2.23 bits per heavy atom. The summed E-state index contributed by atoms with van der Waals surface area (Å²) in [7, 11) is 2.96. The second-order valence-corrected chi connectivity index (χ2v) is 5.30. The van der Waals surface area contributed by atoms with Gasteiger partial charge in [-0.15, -0.1) is 12.4 Å². The van der Waals surface area contributed by atoms with Gasteiger partial charge in [0.05, 0.1) is 14.2 Å². The molecule has 0 atom stereocenters. The van der Waals surface area contributed by atoms with Crippen molar-refractivity contribution in [1.29, 1.82) is 0 Å². The Morgan fingerprint density at radius 1 is 1.18 bits per heavy atom. The van der Waals surface area contributed by atoms with Gasteiger partial charge in [0.25, 0.3) is 0 Å². The molecular weight excluding hydrogens is 306 g/mol. The third kappa shape index (κ3) is 4.52. The summed E-state index contributed by atoms with van der Waals surface area (Å²) in [6, 6.07) is 2.88. The highest BCUT2D eigenvalue weighted by molar-refractivity contribution is 6.01. The van der Waals surface area contributed by atoms with Crippen molar-refractivity contribution in [2.45, 2.75) is 25.7 Å². The van der Waals surface area contributed by atoms with Crippen LogP contribution in [0.4, 0.5) is 0 Å². The van der Waals surface area contributed by atoms with Gasteiger partial charge in [0.2, 0.25) is 0 Å². The molecule has 1 heterocycles. The van der Waals surface area contributed by atoms with Gasteiger partial charge in [-0.05, 0) is 38.9 Å². The topological polar surface area (TPSA) is 59.0 Å². The fraction of sp³-hybridized carbons (Fsp3) is 0.562. The predicted octanol–water partition coefficient (Wildman–Crippen LogP) is 2.89. The van der Waals surface area contributed by atoms with Gasteiger partial charge < -0.3 is 19.5 Å². The summed E-state index contributed by atoms with van der Waals surface area (Å²) in [5.74, 6) is 0.733. The van der Waals surface area contributed by atoms with Crippen molar-refractivity contribution < 1.29 is 19.4 Å². The van der Waals surface area contributed by atoms with Crippen LogP contribution in [0.5, 0.6) is 17.2 Å². The minimum absolute atomic E-state index is 0. The number of ketones is 1. The lowest BCUT2D eigenvalue weighted by Gasteiger charge is -2.15. The van der Waals surface area contributed by atoms with Gasteiger partial charge >= 0.3 is 0 Å². The van der Waals surface area contributed by atoms with E-state index in [1.807, 2.05) is 0 Å². The number of nitrogens with zero attached hydrogens (tertiary/aromatic N) is 1. The Bertz CT molecular complexity index is 476. The number of likely N-dealkylation sites (tertiary alicyclic amines) is 1. The highest BCUT2D eigenvalue weighted by atomic mass is 35.5. The van der Waals surface area contributed by atoms with Gasteiger partial charge in [-0.25, -0.2) is 0 Å². The molecule has 5 nitrogen and oxygen atoms in total. The van der Waals surface area contributed by atoms with E-state index in [1.165, 1.54) is 39.2 Å². The molecule has 1 aromatic rings. The zero-order chi connectivity index (χ0) is 15.2. The molecule has 1 aliphatic heterocycles. The molecule has 0 bridgehead atoms. The maximum absolute atomic E-state index is 12.4. The van der Waals surface area contributed by atoms with Crippen LogP contribution in [0.25, 0.3) is 0 Å². The first-order valence-electron chi connectivity index (χ1n) is 7.36. The SMILES string of the molecule is COc1cc(O)cc(OC)c1C(=O)CCCN1CCCC1.Cl. The van der Waals surface area contributed by atoms with Crippen molar-refractivity contribution in [3.05, 3.63) is 17.7 Å². The largest absolute Gasteiger partial charge is 0.508 e. The predicted molar refractivity (Wildman–Crippen MR) is 87.7 cm³/mol. The van der Waals surface area contributed by atoms with Gasteiger partial charge in [-0.2, -0.15) is 0 Å². The number of ether oxygens (including phenoxy) is 2. The van der Waals surface area contributed by atoms with Crippen LogP contribution in [0, 0.1) is 0 Å². The summed E-state index contributed by atoms with van der Waals surface area (Å²) < 4.78 is 10.4. The molecule has 1 saturated heterocycles. The van der Waals surface area contributed by atoms with Gasteiger partial charge in [0.15, 0.2) is 5.78 Å². The van der Waals surface area contributed by atoms with E-state index in [-0.39, 0.29) is 23.9 Å². The van der Waals surface area contributed by atoms with E-state index in [9.17, 15) is 9.90 Å². The van der Waals surface area contributed by atoms with Gasteiger partial charge in [-0.3, -0.25) is 4.79 Å². The molecule has 0 aromatic heterocycles. The zero-order valence-corrected chi connectivity index (χ0v) is 13.9. The molecule has 22 heavy (non-hydrogen) atoms. The molecule has 0 radical (unpaired) electrons. The minimum atomic E-state index is -0.0112. The number of hydrogen-bond donors (Lipinski definition) is 1. The van der Waals surface area contributed by atoms with Crippen LogP contribution in [0.15, 0.2) is 12.1 Å². The summed E-state index contributed by atoms with van der Waals surface area (Å²) in [6.07, 6.45) is 3.79. The van der Waals surface area contributed by atoms with Crippen LogP contribution < -0.4 is 9.47 Å². The molecule has 1 fully saturated rings. The average Bonchev–Trinajstić information content (AvgIpc) is 2.99. The van der Waals surface area contributed by atoms with Crippen molar-refractivity contribution in [2.75, 3.05) is 33.9 Å². The number of halogens is 1. The molecule has 2 rings (SSSR count). The lowest BCUT2D eigenvalue weighted by molar-refractivity contribution is 0.0970. The van der Waals surface area contributed by atoms with E-state index in [4.69, 9.17) is 9.47 Å². The first-order valence-corrected chi connectivity index (χ1v) is 7.36. The van der Waals surface area contributed by atoms with E-state index >= 15 is 0 Å². The molecule has 6 heteroatoms. The summed E-state index contributed by atoms with van der Waals surface area (Å²) in [5, 5.41) is 9.60. The van der Waals surface area contributed by atoms with E-state index in [1.54, 1.807) is 0 Å². The van der Waals surface area contributed by atoms with Gasteiger partial charge in [-0.1, -0.05) is 0 Å². The molecule has 1 aromatic carbocycles. The van der Waals surface area contributed by atoms with Gasteiger partial charge in [0, 0.05) is 18.6 Å². The van der Waals surface area contributed by atoms with Crippen molar-refractivity contribution in [3.63, 3.8) is 0 Å². The number of aromatic hydroxyl groups is 1. The first kappa shape index (κ1) is 18.6. The van der Waals surface area contributed by atoms with Crippen molar-refractivity contribution in [1.82, 2.24) is 4.90 Å². The Balaban J connectivity index is 0.00000242. The smallest absolute Gasteiger partial charge is 0.170 e. The number of carbonyl (C=O) groups is 1. The molecule has 0 aliphatic carbocycles. The summed E-state index contributed by atoms with van der Waals surface area (Å²) in [6.45, 7) is 3.23. The lowest BCUT2D eigenvalue weighted by atomic mass is 10.0. The van der Waals surface area contributed by atoms with Crippen molar-refractivity contribution in [3.8, 4) is 17.2 Å². The standard InChI is InChI=1S/C16H23NO4.ClH/c1-20-14-10-12(18)11-15(21-2)16(14)13(19)6-5-9-17-7-3-4-8-17;/h10-11,18H,3-9H2,1-2H3;1H. The molecule has 124 valence electrons. The average molecular weight is 330 g/mol. The molecular formula is C16H24ClNO4. The summed E-state index contributed by atoms with van der Waals surface area (Å²) >= 11 is 0. The van der Waals surface area contributed by atoms with Crippen LogP contribution >= 0.6 is 12.4 Å². The number of Topliss-reactive ketones (excluding diaryl/α,β-unsaturated/α-hetero) is 1. The third-order valence-corrected chi connectivity index (χ3v) is 3.85. The zero-order valence-electron chi connectivity index (χ0n) is 13.1. The van der Waals surface area contributed by atoms with E-state index in [0.29, 0.717) is 23.5 Å². The number of methoxy groups -OCH3 is 2. The maximum atomic E-state index is 12.4. The highest BCUT2D eigenvalue weighted by Crippen LogP contribution is 2.34. The van der Waals surface area contributed by atoms with Crippen molar-refractivity contribution in [2.24, 2.45) is 0 Å². The second kappa shape index (κ2) is 8.86. The third-order valence-electron chi connectivity index (χ3n) is 3.85. The summed E-state index contributed by atoms with van der Waals surface area (Å²) in [4.78, 5) is 14.8. The molecule has 0 spiro atoms. The van der Waals surface area contributed by atoms with E-state index < -0.39 is 0 Å². The van der Waals surface area contributed by atoms with Crippen LogP contribution in [0.2, 0.25) is 0 Å². The van der Waals surface area contributed by atoms with Crippen LogP contribution in [0.3, 0.4) is 0 Å². The molecule has 1 N–H and O–H groups in total. The molecule has 0 saturated carbocycles. The van der Waals surface area contributed by atoms with Gasteiger partial charge in [0.1, 0.15) is 22.8 Å². The fourth-order valence-corrected chi connectivity index (χ4v) is 2.77. The minimum Gasteiger partial charge on any atom is -0.508 e. The fourth-order valence-electron chi connectivity index (χ4n) is 2.77. The van der Waals surface area contributed by atoms with Crippen LogP contribution in [-0.2, 0) is 0 Å². The lowest BCUT2D eigenvalue weighted by Crippen LogP contribution is -2.21. The van der Waals surface area contributed by atoms with E-state index in [0.717, 1.165) is 26.1 Å². The number of phenolic OH excluding ortho intramolecular Hbond substituents is 1. The summed E-state index contributed by atoms with van der Waals surface area (Å²) in [5.41, 5.74) is 0.416. The van der Waals surface area contributed by atoms with Crippen LogP contribution in [0.1, 0.15) is 36.0 Å². The number of hydrogen-bond acceptors (Lipinski definition) is 5. The Hall–Kier alpha value is -1.46. The maximum Gasteiger partial charge on any atom is 0.170 e. The van der Waals surface area contributed by atoms with Crippen LogP contribution in [-0.4, -0.2) is 49.6 Å². The molecule has 1 aliphatic rings. The number of rotatable bonds is 7. The normalized spacial score (nSPS) is 14.5. The number of benzene rings is 1. The van der Waals surface area contributed by atoms with E-state index in [2.05, 4.69) is 4.90 Å². The molecule has 0 amide bonds. The Labute approximate surface area is 137 Å². The second-order valence-electron chi connectivity index (χ2n) is 5.30. The quantitative estimate of drug-likeness (QED) is 0.779. The number of carbonyl (C=O) groups excluding carboxylic acids is 1. The van der Waals surface area contributed by atoms with Crippen molar-refractivity contribution >= 4 is 18.2 Å². The Kier molecular flexibility index (Phi) is 7.48. The Morgan fingerprint density at radius 2 is 1.73 bits per heavy atom. The first-order chi connectivity index (χ1) is 10.2. The molecule has 0 unspecified atom stereocenters.